The molecule has 1 aromatic rings. The van der Waals surface area contributed by atoms with Gasteiger partial charge in [-0.3, -0.25) is 0 Å². The molecule has 21 heavy (non-hydrogen) atoms. The van der Waals surface area contributed by atoms with Crippen LogP contribution < -0.4 is 5.73 Å². The molecule has 0 heterocycles. The summed E-state index contributed by atoms with van der Waals surface area (Å²) < 4.78 is 28.8. The van der Waals surface area contributed by atoms with Gasteiger partial charge in [-0.1, -0.05) is 11.2 Å². The summed E-state index contributed by atoms with van der Waals surface area (Å²) in [5, 5.41) is 11.6. The molecule has 0 bridgehead atoms. The van der Waals surface area contributed by atoms with Gasteiger partial charge in [0.25, 0.3) is 0 Å². The number of amidine groups is 1. The lowest BCUT2D eigenvalue weighted by atomic mass is 10.1. The summed E-state index contributed by atoms with van der Waals surface area (Å²) in [6.07, 6.45) is 0.835. The average molecular weight is 300 g/mol. The van der Waals surface area contributed by atoms with Gasteiger partial charge in [0, 0.05) is 25.9 Å². The molecule has 7 heteroatoms. The maximum atomic E-state index is 13.2. The second-order valence-corrected chi connectivity index (χ2v) is 4.30. The monoisotopic (exact) mass is 300 g/mol. The Morgan fingerprint density at radius 2 is 2.00 bits per heavy atom. The summed E-state index contributed by atoms with van der Waals surface area (Å²) in [5.41, 5.74) is 6.47. The number of nitrogens with zero attached hydrogens (tertiary/aromatic N) is 1. The van der Waals surface area contributed by atoms with Crippen LogP contribution in [0, 0.1) is 5.82 Å². The van der Waals surface area contributed by atoms with Crippen molar-refractivity contribution in [3.63, 3.8) is 0 Å². The first-order valence-electron chi connectivity index (χ1n) is 6.59. The van der Waals surface area contributed by atoms with Crippen LogP contribution in [-0.2, 0) is 20.8 Å². The van der Waals surface area contributed by atoms with E-state index in [1.54, 1.807) is 13.2 Å². The fourth-order valence-corrected chi connectivity index (χ4v) is 1.67. The smallest absolute Gasteiger partial charge is 0.170 e. The summed E-state index contributed by atoms with van der Waals surface area (Å²) >= 11 is 0. The maximum Gasteiger partial charge on any atom is 0.170 e. The number of hydrogen-bond donors (Lipinski definition) is 2. The van der Waals surface area contributed by atoms with Gasteiger partial charge in [0.05, 0.1) is 19.8 Å². The number of oxime groups is 1. The molecule has 0 aliphatic rings. The molecule has 0 aliphatic carbocycles. The summed E-state index contributed by atoms with van der Waals surface area (Å²) in [7, 11) is 1.64. The lowest BCUT2D eigenvalue weighted by molar-refractivity contribution is 0.0336. The van der Waals surface area contributed by atoms with Crippen LogP contribution in [0.15, 0.2) is 23.4 Å². The number of ether oxygens (including phenoxy) is 3. The zero-order chi connectivity index (χ0) is 15.5. The SMILES string of the molecule is COCCCOCCOCc1ccc(F)cc1/C(N)=N/O. The molecule has 6 nitrogen and oxygen atoms in total. The number of nitrogens with two attached hydrogens (primary N) is 1. The number of benzene rings is 1. The lowest BCUT2D eigenvalue weighted by Crippen LogP contribution is -2.17. The van der Waals surface area contributed by atoms with Crippen molar-refractivity contribution in [2.75, 3.05) is 33.5 Å². The van der Waals surface area contributed by atoms with Crippen LogP contribution in [0.3, 0.4) is 0 Å². The van der Waals surface area contributed by atoms with Gasteiger partial charge in [-0.05, 0) is 24.1 Å². The average Bonchev–Trinajstić information content (AvgIpc) is 2.50. The molecular weight excluding hydrogens is 279 g/mol. The van der Waals surface area contributed by atoms with Crippen LogP contribution >= 0.6 is 0 Å². The molecule has 0 saturated heterocycles. The van der Waals surface area contributed by atoms with Crippen molar-refractivity contribution in [2.45, 2.75) is 13.0 Å². The van der Waals surface area contributed by atoms with Crippen LogP contribution in [0.1, 0.15) is 17.5 Å². The van der Waals surface area contributed by atoms with E-state index in [4.69, 9.17) is 25.2 Å². The molecule has 0 aliphatic heterocycles. The van der Waals surface area contributed by atoms with Crippen LogP contribution in [0.5, 0.6) is 0 Å². The third kappa shape index (κ3) is 6.52. The van der Waals surface area contributed by atoms with E-state index < -0.39 is 5.82 Å². The molecule has 0 aromatic heterocycles. The van der Waals surface area contributed by atoms with Crippen molar-refractivity contribution >= 4 is 5.84 Å². The molecule has 0 unspecified atom stereocenters. The third-order valence-corrected chi connectivity index (χ3v) is 2.72. The molecule has 0 atom stereocenters. The highest BCUT2D eigenvalue weighted by Gasteiger charge is 2.08. The van der Waals surface area contributed by atoms with Gasteiger partial charge >= 0.3 is 0 Å². The van der Waals surface area contributed by atoms with E-state index in [9.17, 15) is 4.39 Å². The van der Waals surface area contributed by atoms with E-state index in [1.807, 2.05) is 0 Å². The maximum absolute atomic E-state index is 13.2. The first-order chi connectivity index (χ1) is 10.2. The van der Waals surface area contributed by atoms with Crippen LogP contribution in [0.2, 0.25) is 0 Å². The molecule has 0 amide bonds. The highest BCUT2D eigenvalue weighted by Crippen LogP contribution is 2.12. The zero-order valence-electron chi connectivity index (χ0n) is 12.0. The van der Waals surface area contributed by atoms with E-state index >= 15 is 0 Å². The quantitative estimate of drug-likeness (QED) is 0.225. The third-order valence-electron chi connectivity index (χ3n) is 2.72. The van der Waals surface area contributed by atoms with Gasteiger partial charge in [-0.25, -0.2) is 4.39 Å². The van der Waals surface area contributed by atoms with Crippen molar-refractivity contribution in [1.29, 1.82) is 0 Å². The summed E-state index contributed by atoms with van der Waals surface area (Å²) in [6, 6.07) is 4.05. The minimum atomic E-state index is -0.457. The molecule has 1 rings (SSSR count). The van der Waals surface area contributed by atoms with Crippen LogP contribution in [-0.4, -0.2) is 44.6 Å². The predicted molar refractivity (Wildman–Crippen MR) is 75.9 cm³/mol. The molecule has 0 spiro atoms. The van der Waals surface area contributed by atoms with Crippen molar-refractivity contribution < 1.29 is 23.8 Å². The van der Waals surface area contributed by atoms with E-state index in [0.29, 0.717) is 37.6 Å². The number of halogens is 1. The normalized spacial score (nSPS) is 11.8. The number of methoxy groups -OCH3 is 1. The van der Waals surface area contributed by atoms with Gasteiger partial charge in [-0.15, -0.1) is 0 Å². The molecule has 0 fully saturated rings. The Bertz CT molecular complexity index is 455. The van der Waals surface area contributed by atoms with Crippen LogP contribution in [0.25, 0.3) is 0 Å². The van der Waals surface area contributed by atoms with Crippen molar-refractivity contribution in [3.05, 3.63) is 35.1 Å². The van der Waals surface area contributed by atoms with E-state index in [-0.39, 0.29) is 12.4 Å². The Kier molecular flexibility index (Phi) is 8.34. The molecule has 3 N–H and O–H groups in total. The molecule has 1 aromatic carbocycles. The summed E-state index contributed by atoms with van der Waals surface area (Å²) in [6.45, 7) is 2.37. The zero-order valence-corrected chi connectivity index (χ0v) is 12.0. The predicted octanol–water partition coefficient (Wildman–Crippen LogP) is 1.49. The van der Waals surface area contributed by atoms with Crippen molar-refractivity contribution in [2.24, 2.45) is 10.9 Å². The summed E-state index contributed by atoms with van der Waals surface area (Å²) in [4.78, 5) is 0. The Balaban J connectivity index is 2.35. The number of hydrogen-bond acceptors (Lipinski definition) is 5. The Hall–Kier alpha value is -1.70. The number of rotatable bonds is 10. The first-order valence-corrected chi connectivity index (χ1v) is 6.59. The highest BCUT2D eigenvalue weighted by molar-refractivity contribution is 5.98. The molecular formula is C14H21FN2O4. The van der Waals surface area contributed by atoms with E-state index in [1.165, 1.54) is 12.1 Å². The van der Waals surface area contributed by atoms with Crippen molar-refractivity contribution in [1.82, 2.24) is 0 Å². The Labute approximate surface area is 123 Å². The topological polar surface area (TPSA) is 86.3 Å². The standard InChI is InChI=1S/C14H21FN2O4/c1-19-5-2-6-20-7-8-21-10-11-3-4-12(15)9-13(11)14(16)17-18/h3-4,9,18H,2,5-8,10H2,1H3,(H2,16,17). The van der Waals surface area contributed by atoms with E-state index in [2.05, 4.69) is 5.16 Å². The molecule has 0 saturated carbocycles. The van der Waals surface area contributed by atoms with Crippen molar-refractivity contribution in [3.8, 4) is 0 Å². The lowest BCUT2D eigenvalue weighted by Gasteiger charge is -2.10. The Morgan fingerprint density at radius 1 is 1.24 bits per heavy atom. The van der Waals surface area contributed by atoms with E-state index in [0.717, 1.165) is 6.42 Å². The second kappa shape index (κ2) is 10.1. The Morgan fingerprint density at radius 3 is 2.71 bits per heavy atom. The first kappa shape index (κ1) is 17.4. The van der Waals surface area contributed by atoms with Gasteiger partial charge < -0.3 is 25.2 Å². The fraction of sp³-hybridized carbons (Fsp3) is 0.500. The summed E-state index contributed by atoms with van der Waals surface area (Å²) in [5.74, 6) is -0.606. The van der Waals surface area contributed by atoms with Gasteiger partial charge in [0.1, 0.15) is 5.82 Å². The van der Waals surface area contributed by atoms with Gasteiger partial charge in [0.15, 0.2) is 5.84 Å². The van der Waals surface area contributed by atoms with Gasteiger partial charge in [0.2, 0.25) is 0 Å². The largest absolute Gasteiger partial charge is 0.409 e. The van der Waals surface area contributed by atoms with Crippen LogP contribution in [0.4, 0.5) is 4.39 Å². The minimum absolute atomic E-state index is 0.149. The highest BCUT2D eigenvalue weighted by atomic mass is 19.1. The molecule has 0 radical (unpaired) electrons. The minimum Gasteiger partial charge on any atom is -0.409 e. The van der Waals surface area contributed by atoms with Gasteiger partial charge in [-0.2, -0.15) is 0 Å². The molecule has 118 valence electrons. The fourth-order valence-electron chi connectivity index (χ4n) is 1.67. The second-order valence-electron chi connectivity index (χ2n) is 4.30.